The van der Waals surface area contributed by atoms with E-state index in [0.717, 1.165) is 11.3 Å². The van der Waals surface area contributed by atoms with Crippen LogP contribution >= 0.6 is 11.8 Å². The Hall–Kier alpha value is -3.47. The van der Waals surface area contributed by atoms with Crippen LogP contribution in [0.2, 0.25) is 0 Å². The molecule has 3 heterocycles. The third-order valence-corrected chi connectivity index (χ3v) is 7.91. The Morgan fingerprint density at radius 1 is 1.03 bits per heavy atom. The lowest BCUT2D eigenvalue weighted by molar-refractivity contribution is -0.151. The first-order valence-corrected chi connectivity index (χ1v) is 14.0. The van der Waals surface area contributed by atoms with E-state index in [1.54, 1.807) is 46.0 Å². The lowest BCUT2D eigenvalue weighted by atomic mass is 9.93. The highest BCUT2D eigenvalue weighted by Crippen LogP contribution is 2.46. The van der Waals surface area contributed by atoms with Gasteiger partial charge in [-0.05, 0) is 56.7 Å². The predicted octanol–water partition coefficient (Wildman–Crippen LogP) is 4.03. The third kappa shape index (κ3) is 5.93. The molecule has 11 heteroatoms. The van der Waals surface area contributed by atoms with Gasteiger partial charge in [0.15, 0.2) is 16.7 Å². The van der Waals surface area contributed by atoms with Gasteiger partial charge < -0.3 is 28.7 Å². The van der Waals surface area contributed by atoms with Crippen molar-refractivity contribution >= 4 is 34.8 Å². The molecule has 4 rings (SSSR count). The van der Waals surface area contributed by atoms with Crippen molar-refractivity contribution in [1.82, 2.24) is 9.80 Å². The minimum Gasteiger partial charge on any atom is -0.493 e. The summed E-state index contributed by atoms with van der Waals surface area (Å²) in [6.07, 6.45) is 1.30. The van der Waals surface area contributed by atoms with Gasteiger partial charge in [-0.2, -0.15) is 0 Å². The normalized spacial score (nSPS) is 19.3. The monoisotopic (exact) mass is 557 g/mol. The Labute approximate surface area is 233 Å². The SMILES string of the molecule is CCOC(=O)C1=C(C)N=C2SC=C(CC(=O)N3CCC(C(=O)OCC)CC3)N2C1c1ccc(OC)c(OC)c1. The molecule has 1 aromatic rings. The molecule has 0 spiro atoms. The van der Waals surface area contributed by atoms with Crippen LogP contribution in [0.3, 0.4) is 0 Å². The van der Waals surface area contributed by atoms with Gasteiger partial charge in [-0.25, -0.2) is 9.79 Å². The average Bonchev–Trinajstić information content (AvgIpc) is 3.33. The van der Waals surface area contributed by atoms with Crippen molar-refractivity contribution in [2.75, 3.05) is 40.5 Å². The number of likely N-dealkylation sites (tertiary alicyclic amines) is 1. The quantitative estimate of drug-likeness (QED) is 0.416. The molecule has 3 aliphatic heterocycles. The largest absolute Gasteiger partial charge is 0.493 e. The predicted molar refractivity (Wildman–Crippen MR) is 147 cm³/mol. The van der Waals surface area contributed by atoms with Crippen molar-refractivity contribution in [3.05, 3.63) is 46.1 Å². The van der Waals surface area contributed by atoms with Gasteiger partial charge in [0.2, 0.25) is 5.91 Å². The van der Waals surface area contributed by atoms with Crippen LogP contribution in [0.5, 0.6) is 11.5 Å². The summed E-state index contributed by atoms with van der Waals surface area (Å²) in [5.74, 6) is 0.225. The fourth-order valence-corrected chi connectivity index (χ4v) is 6.03. The van der Waals surface area contributed by atoms with E-state index in [2.05, 4.69) is 0 Å². The van der Waals surface area contributed by atoms with Gasteiger partial charge in [-0.1, -0.05) is 17.8 Å². The number of carbonyl (C=O) groups is 3. The number of ether oxygens (including phenoxy) is 4. The Kier molecular flexibility index (Phi) is 9.21. The fourth-order valence-electron chi connectivity index (χ4n) is 5.07. The third-order valence-electron chi connectivity index (χ3n) is 7.02. The van der Waals surface area contributed by atoms with E-state index < -0.39 is 12.0 Å². The minimum atomic E-state index is -0.569. The van der Waals surface area contributed by atoms with Crippen LogP contribution in [-0.4, -0.2) is 73.3 Å². The van der Waals surface area contributed by atoms with Gasteiger partial charge in [0.25, 0.3) is 0 Å². The molecule has 0 aromatic heterocycles. The highest BCUT2D eigenvalue weighted by atomic mass is 32.2. The summed E-state index contributed by atoms with van der Waals surface area (Å²) in [7, 11) is 3.12. The van der Waals surface area contributed by atoms with E-state index in [1.807, 2.05) is 22.4 Å². The number of piperidine rings is 1. The molecule has 1 atom stereocenters. The summed E-state index contributed by atoms with van der Waals surface area (Å²) in [6, 6.07) is 4.94. The number of fused-ring (bicyclic) bond motifs is 1. The highest BCUT2D eigenvalue weighted by molar-refractivity contribution is 8.16. The number of hydrogen-bond donors (Lipinski definition) is 0. The zero-order valence-corrected chi connectivity index (χ0v) is 23.8. The highest BCUT2D eigenvalue weighted by Gasteiger charge is 2.42. The van der Waals surface area contributed by atoms with Crippen molar-refractivity contribution in [2.24, 2.45) is 10.9 Å². The number of aliphatic imine (C=N–C) groups is 1. The van der Waals surface area contributed by atoms with Gasteiger partial charge in [-0.15, -0.1) is 0 Å². The Balaban J connectivity index is 1.60. The summed E-state index contributed by atoms with van der Waals surface area (Å²) < 4.78 is 21.5. The summed E-state index contributed by atoms with van der Waals surface area (Å²) in [6.45, 7) is 6.92. The first-order valence-electron chi connectivity index (χ1n) is 13.1. The molecule has 0 N–H and O–H groups in total. The molecule has 39 heavy (non-hydrogen) atoms. The number of allylic oxidation sites excluding steroid dienone is 1. The first-order chi connectivity index (χ1) is 18.8. The summed E-state index contributed by atoms with van der Waals surface area (Å²) in [4.78, 5) is 47.1. The standard InChI is InChI=1S/C28H35N3O7S/c1-6-37-26(33)18-10-12-30(13-11-18)23(32)15-20-16-39-28-29-17(3)24(27(34)38-7-2)25(31(20)28)19-8-9-21(35-4)22(14-19)36-5/h8-9,14,16,18,25H,6-7,10-13,15H2,1-5H3. The molecular formula is C28H35N3O7S. The Morgan fingerprint density at radius 2 is 1.72 bits per heavy atom. The van der Waals surface area contributed by atoms with Crippen LogP contribution in [-0.2, 0) is 23.9 Å². The van der Waals surface area contributed by atoms with Crippen molar-refractivity contribution in [3.8, 4) is 11.5 Å². The number of hydrogen-bond acceptors (Lipinski definition) is 10. The lowest BCUT2D eigenvalue weighted by Crippen LogP contribution is -2.42. The van der Waals surface area contributed by atoms with Crippen LogP contribution in [0.4, 0.5) is 0 Å². The molecule has 1 unspecified atom stereocenters. The minimum absolute atomic E-state index is 0.0413. The van der Waals surface area contributed by atoms with E-state index in [1.165, 1.54) is 11.8 Å². The summed E-state index contributed by atoms with van der Waals surface area (Å²) in [5, 5.41) is 2.60. The number of amidine groups is 1. The number of carbonyl (C=O) groups excluding carboxylic acids is 3. The van der Waals surface area contributed by atoms with E-state index in [-0.39, 0.29) is 30.8 Å². The fraction of sp³-hybridized carbons (Fsp3) is 0.500. The molecule has 0 radical (unpaired) electrons. The summed E-state index contributed by atoms with van der Waals surface area (Å²) >= 11 is 1.42. The van der Waals surface area contributed by atoms with Crippen LogP contribution in [0, 0.1) is 5.92 Å². The van der Waals surface area contributed by atoms with Crippen LogP contribution < -0.4 is 9.47 Å². The molecule has 1 saturated heterocycles. The molecule has 10 nitrogen and oxygen atoms in total. The second-order valence-corrected chi connectivity index (χ2v) is 10.1. The Morgan fingerprint density at radius 3 is 2.36 bits per heavy atom. The van der Waals surface area contributed by atoms with Gasteiger partial charge in [0.1, 0.15) is 0 Å². The van der Waals surface area contributed by atoms with E-state index >= 15 is 0 Å². The molecule has 0 bridgehead atoms. The molecule has 1 aromatic carbocycles. The smallest absolute Gasteiger partial charge is 0.338 e. The number of amides is 1. The molecule has 0 saturated carbocycles. The van der Waals surface area contributed by atoms with Crippen molar-refractivity contribution in [1.29, 1.82) is 0 Å². The van der Waals surface area contributed by atoms with Crippen molar-refractivity contribution < 1.29 is 33.3 Å². The van der Waals surface area contributed by atoms with Crippen LogP contribution in [0.1, 0.15) is 51.6 Å². The maximum Gasteiger partial charge on any atom is 0.338 e. The molecular weight excluding hydrogens is 522 g/mol. The Bertz CT molecular complexity index is 1220. The molecule has 1 fully saturated rings. The number of thioether (sulfide) groups is 1. The van der Waals surface area contributed by atoms with E-state index in [9.17, 15) is 14.4 Å². The van der Waals surface area contributed by atoms with Crippen LogP contribution in [0.25, 0.3) is 0 Å². The maximum absolute atomic E-state index is 13.4. The molecule has 0 aliphatic carbocycles. The van der Waals surface area contributed by atoms with E-state index in [4.69, 9.17) is 23.9 Å². The lowest BCUT2D eigenvalue weighted by Gasteiger charge is -2.37. The maximum atomic E-state index is 13.4. The number of esters is 2. The zero-order chi connectivity index (χ0) is 28.1. The number of rotatable bonds is 9. The van der Waals surface area contributed by atoms with E-state index in [0.29, 0.717) is 60.5 Å². The van der Waals surface area contributed by atoms with Crippen molar-refractivity contribution in [3.63, 3.8) is 0 Å². The second kappa shape index (κ2) is 12.6. The molecule has 210 valence electrons. The number of methoxy groups -OCH3 is 2. The molecule has 3 aliphatic rings. The van der Waals surface area contributed by atoms with Gasteiger partial charge in [-0.3, -0.25) is 9.59 Å². The van der Waals surface area contributed by atoms with Gasteiger partial charge in [0, 0.05) is 18.8 Å². The second-order valence-electron chi connectivity index (χ2n) is 9.31. The summed E-state index contributed by atoms with van der Waals surface area (Å²) in [5.41, 5.74) is 2.49. The van der Waals surface area contributed by atoms with Crippen LogP contribution in [0.15, 0.2) is 45.6 Å². The van der Waals surface area contributed by atoms with Gasteiger partial charge in [0.05, 0.1) is 57.1 Å². The average molecular weight is 558 g/mol. The zero-order valence-electron chi connectivity index (χ0n) is 23.0. The molecule has 1 amide bonds. The number of nitrogens with zero attached hydrogens (tertiary/aromatic N) is 3. The van der Waals surface area contributed by atoms with Crippen molar-refractivity contribution in [2.45, 2.75) is 46.1 Å². The van der Waals surface area contributed by atoms with Gasteiger partial charge >= 0.3 is 11.9 Å². The topological polar surface area (TPSA) is 107 Å². The first kappa shape index (κ1) is 28.5. The number of benzene rings is 1.